The summed E-state index contributed by atoms with van der Waals surface area (Å²) in [5.74, 6) is 0.409. The highest BCUT2D eigenvalue weighted by Crippen LogP contribution is 2.25. The monoisotopic (exact) mass is 428 g/mol. The van der Waals surface area contributed by atoms with Crippen LogP contribution in [0.1, 0.15) is 44.9 Å². The minimum Gasteiger partial charge on any atom is -0.493 e. The summed E-state index contributed by atoms with van der Waals surface area (Å²) in [6.07, 6.45) is 6.28. The van der Waals surface area contributed by atoms with Crippen molar-refractivity contribution in [3.05, 3.63) is 28.6 Å². The molecule has 1 aromatic carbocycles. The number of benzene rings is 1. The Labute approximate surface area is 180 Å². The van der Waals surface area contributed by atoms with Crippen LogP contribution in [0.4, 0.5) is 5.95 Å². The topological polar surface area (TPSA) is 114 Å². The number of aliphatic hydroxyl groups excluding tert-OH is 1. The minimum absolute atomic E-state index is 0.0339. The second-order valence-electron chi connectivity index (χ2n) is 8.08. The molecule has 1 saturated carbocycles. The summed E-state index contributed by atoms with van der Waals surface area (Å²) in [4.78, 5) is 43.3. The quantitative estimate of drug-likeness (QED) is 0.618. The third-order valence-electron chi connectivity index (χ3n) is 5.97. The molecule has 31 heavy (non-hydrogen) atoms. The van der Waals surface area contributed by atoms with Gasteiger partial charge in [0.2, 0.25) is 17.8 Å². The number of carbonyl (C=O) groups excluding carboxylic acids is 2. The molecular formula is C22H28N4O5. The Morgan fingerprint density at radius 1 is 1.26 bits per heavy atom. The fourth-order valence-corrected chi connectivity index (χ4v) is 4.46. The molecule has 1 fully saturated rings. The summed E-state index contributed by atoms with van der Waals surface area (Å²) in [5, 5.41) is 12.3. The van der Waals surface area contributed by atoms with E-state index in [0.29, 0.717) is 36.0 Å². The number of aliphatic hydroxyl groups is 1. The van der Waals surface area contributed by atoms with E-state index in [1.807, 2.05) is 4.90 Å². The zero-order chi connectivity index (χ0) is 21.8. The number of anilines is 1. The first kappa shape index (κ1) is 21.3. The van der Waals surface area contributed by atoms with Crippen LogP contribution in [0.25, 0.3) is 10.9 Å². The Balaban J connectivity index is 1.39. The highest BCUT2D eigenvalue weighted by Gasteiger charge is 2.25. The Hall–Kier alpha value is -2.94. The fraction of sp³-hybridized carbons (Fsp3) is 0.545. The van der Waals surface area contributed by atoms with Gasteiger partial charge < -0.3 is 14.7 Å². The molecule has 2 heterocycles. The molecular weight excluding hydrogens is 400 g/mol. The number of hydrogen-bond donors (Lipinski definition) is 2. The predicted molar refractivity (Wildman–Crippen MR) is 115 cm³/mol. The van der Waals surface area contributed by atoms with Crippen molar-refractivity contribution in [3.8, 4) is 5.75 Å². The van der Waals surface area contributed by atoms with E-state index in [-0.39, 0.29) is 49.1 Å². The van der Waals surface area contributed by atoms with Gasteiger partial charge in [0.05, 0.1) is 18.7 Å². The van der Waals surface area contributed by atoms with Crippen molar-refractivity contribution < 1.29 is 19.4 Å². The number of nitrogens with one attached hydrogen (secondary N) is 1. The van der Waals surface area contributed by atoms with Gasteiger partial charge in [0.1, 0.15) is 17.7 Å². The van der Waals surface area contributed by atoms with Gasteiger partial charge in [-0.25, -0.2) is 4.98 Å². The lowest BCUT2D eigenvalue weighted by atomic mass is 9.94. The van der Waals surface area contributed by atoms with Crippen LogP contribution in [0.2, 0.25) is 0 Å². The summed E-state index contributed by atoms with van der Waals surface area (Å²) >= 11 is 0. The number of nitrogens with zero attached hydrogens (tertiary/aromatic N) is 3. The van der Waals surface area contributed by atoms with Crippen molar-refractivity contribution in [3.63, 3.8) is 0 Å². The number of ether oxygens (including phenoxy) is 1. The van der Waals surface area contributed by atoms with Gasteiger partial charge in [-0.3, -0.25) is 24.3 Å². The normalized spacial score (nSPS) is 16.2. The molecule has 1 aromatic heterocycles. The van der Waals surface area contributed by atoms with Crippen LogP contribution in [0, 0.1) is 0 Å². The van der Waals surface area contributed by atoms with Gasteiger partial charge >= 0.3 is 0 Å². The fourth-order valence-electron chi connectivity index (χ4n) is 4.46. The Bertz CT molecular complexity index is 1030. The van der Waals surface area contributed by atoms with Gasteiger partial charge in [-0.05, 0) is 31.4 Å². The molecule has 0 spiro atoms. The Morgan fingerprint density at radius 3 is 2.84 bits per heavy atom. The molecule has 0 unspecified atom stereocenters. The molecule has 0 radical (unpaired) electrons. The highest BCUT2D eigenvalue weighted by atomic mass is 16.5. The number of aromatic nitrogens is 2. The molecule has 9 nitrogen and oxygen atoms in total. The second kappa shape index (κ2) is 9.47. The molecule has 0 atom stereocenters. The van der Waals surface area contributed by atoms with Crippen molar-refractivity contribution in [2.45, 2.75) is 57.5 Å². The molecule has 9 heteroatoms. The molecule has 2 aliphatic rings. The lowest BCUT2D eigenvalue weighted by Crippen LogP contribution is -2.43. The Morgan fingerprint density at radius 2 is 2.06 bits per heavy atom. The number of carbonyl (C=O) groups is 2. The lowest BCUT2D eigenvalue weighted by molar-refractivity contribution is -0.135. The van der Waals surface area contributed by atoms with E-state index >= 15 is 0 Å². The van der Waals surface area contributed by atoms with Gasteiger partial charge in [0, 0.05) is 19.0 Å². The van der Waals surface area contributed by atoms with Crippen molar-refractivity contribution >= 4 is 28.7 Å². The average Bonchev–Trinajstić information content (AvgIpc) is 3.16. The molecule has 166 valence electrons. The maximum atomic E-state index is 12.8. The molecule has 2 aromatic rings. The standard InChI is InChI=1S/C22H28N4O5/c27-12-11-25(15-6-2-1-3-7-15)19(29)10-5-13-31-17-9-4-8-16-20(17)21(30)26-14-18(28)24-22(26)23-16/h4,8-9,15,27H,1-3,5-7,10-14H2,(H,23,24,28). The molecule has 1 aliphatic heterocycles. The highest BCUT2D eigenvalue weighted by molar-refractivity contribution is 5.95. The smallest absolute Gasteiger partial charge is 0.267 e. The van der Waals surface area contributed by atoms with Crippen molar-refractivity contribution in [1.82, 2.24) is 14.5 Å². The van der Waals surface area contributed by atoms with E-state index in [0.717, 1.165) is 25.7 Å². The van der Waals surface area contributed by atoms with E-state index in [2.05, 4.69) is 10.3 Å². The van der Waals surface area contributed by atoms with Crippen molar-refractivity contribution in [1.29, 1.82) is 0 Å². The third kappa shape index (κ3) is 4.56. The second-order valence-corrected chi connectivity index (χ2v) is 8.08. The van der Waals surface area contributed by atoms with E-state index in [1.165, 1.54) is 11.0 Å². The van der Waals surface area contributed by atoms with E-state index in [1.54, 1.807) is 18.2 Å². The number of amides is 2. The van der Waals surface area contributed by atoms with E-state index in [4.69, 9.17) is 4.74 Å². The van der Waals surface area contributed by atoms with Crippen LogP contribution in [0.3, 0.4) is 0 Å². The first-order valence-corrected chi connectivity index (χ1v) is 10.9. The van der Waals surface area contributed by atoms with Crippen LogP contribution in [-0.4, -0.2) is 57.2 Å². The zero-order valence-corrected chi connectivity index (χ0v) is 17.5. The average molecular weight is 428 g/mol. The summed E-state index contributed by atoms with van der Waals surface area (Å²) in [7, 11) is 0. The molecule has 2 amide bonds. The maximum absolute atomic E-state index is 12.8. The number of hydrogen-bond acceptors (Lipinski definition) is 6. The van der Waals surface area contributed by atoms with Crippen molar-refractivity contribution in [2.24, 2.45) is 0 Å². The van der Waals surface area contributed by atoms with E-state index < -0.39 is 0 Å². The van der Waals surface area contributed by atoms with Gasteiger partial charge in [-0.15, -0.1) is 0 Å². The van der Waals surface area contributed by atoms with Crippen LogP contribution in [-0.2, 0) is 16.1 Å². The molecule has 2 N–H and O–H groups in total. The SMILES string of the molecule is O=C1Cn2c(nc3cccc(OCCCC(=O)N(CCO)C4CCCCC4)c3c2=O)N1. The first-order chi connectivity index (χ1) is 15.1. The molecule has 1 aliphatic carbocycles. The summed E-state index contributed by atoms with van der Waals surface area (Å²) in [6, 6.07) is 5.37. The number of rotatable bonds is 8. The third-order valence-corrected chi connectivity index (χ3v) is 5.97. The first-order valence-electron chi connectivity index (χ1n) is 10.9. The summed E-state index contributed by atoms with van der Waals surface area (Å²) in [6.45, 7) is 0.560. The lowest BCUT2D eigenvalue weighted by Gasteiger charge is -2.34. The van der Waals surface area contributed by atoms with Gasteiger partial charge in [0.25, 0.3) is 5.56 Å². The molecule has 0 saturated heterocycles. The van der Waals surface area contributed by atoms with Crippen LogP contribution in [0.15, 0.2) is 23.0 Å². The molecule has 0 bridgehead atoms. The summed E-state index contributed by atoms with van der Waals surface area (Å²) < 4.78 is 7.15. The van der Waals surface area contributed by atoms with Gasteiger partial charge in [-0.1, -0.05) is 25.3 Å². The van der Waals surface area contributed by atoms with E-state index in [9.17, 15) is 19.5 Å². The zero-order valence-electron chi connectivity index (χ0n) is 17.5. The van der Waals surface area contributed by atoms with Crippen molar-refractivity contribution in [2.75, 3.05) is 25.1 Å². The van der Waals surface area contributed by atoms with Crippen LogP contribution < -0.4 is 15.6 Å². The summed E-state index contributed by atoms with van der Waals surface area (Å²) in [5.41, 5.74) is 0.134. The number of fused-ring (bicyclic) bond motifs is 2. The van der Waals surface area contributed by atoms with Gasteiger partial charge in [0.15, 0.2) is 0 Å². The van der Waals surface area contributed by atoms with Gasteiger partial charge in [-0.2, -0.15) is 0 Å². The Kier molecular flexibility index (Phi) is 6.50. The largest absolute Gasteiger partial charge is 0.493 e. The minimum atomic E-state index is -0.323. The van der Waals surface area contributed by atoms with Crippen LogP contribution >= 0.6 is 0 Å². The maximum Gasteiger partial charge on any atom is 0.267 e. The van der Waals surface area contributed by atoms with Crippen LogP contribution in [0.5, 0.6) is 5.75 Å². The molecule has 4 rings (SSSR count). The predicted octanol–water partition coefficient (Wildman–Crippen LogP) is 1.66.